The predicted molar refractivity (Wildman–Crippen MR) is 45.7 cm³/mol. The molecule has 0 saturated carbocycles. The SMILES string of the molecule is Cc1cn(C)nc1CC(F)(F)CN. The number of nitrogens with two attached hydrogens (primary N) is 1. The summed E-state index contributed by atoms with van der Waals surface area (Å²) in [6, 6.07) is 0. The van der Waals surface area contributed by atoms with Crippen molar-refractivity contribution in [2.75, 3.05) is 6.54 Å². The Morgan fingerprint density at radius 1 is 1.62 bits per heavy atom. The summed E-state index contributed by atoms with van der Waals surface area (Å²) in [4.78, 5) is 0. The van der Waals surface area contributed by atoms with Crippen LogP contribution in [0.2, 0.25) is 0 Å². The highest BCUT2D eigenvalue weighted by Crippen LogP contribution is 2.19. The molecule has 1 aromatic heterocycles. The monoisotopic (exact) mass is 189 g/mol. The topological polar surface area (TPSA) is 43.8 Å². The fourth-order valence-electron chi connectivity index (χ4n) is 1.14. The van der Waals surface area contributed by atoms with Gasteiger partial charge in [-0.15, -0.1) is 0 Å². The average molecular weight is 189 g/mol. The van der Waals surface area contributed by atoms with Crippen LogP contribution in [0, 0.1) is 6.92 Å². The van der Waals surface area contributed by atoms with Crippen molar-refractivity contribution in [1.29, 1.82) is 0 Å². The summed E-state index contributed by atoms with van der Waals surface area (Å²) in [7, 11) is 1.71. The minimum absolute atomic E-state index is 0.379. The second-order valence-electron chi connectivity index (χ2n) is 3.17. The van der Waals surface area contributed by atoms with E-state index >= 15 is 0 Å². The Morgan fingerprint density at radius 3 is 2.62 bits per heavy atom. The number of nitrogens with zero attached hydrogens (tertiary/aromatic N) is 2. The van der Waals surface area contributed by atoms with Crippen LogP contribution in [0.1, 0.15) is 11.3 Å². The van der Waals surface area contributed by atoms with E-state index in [0.717, 1.165) is 5.56 Å². The number of aryl methyl sites for hydroxylation is 2. The predicted octanol–water partition coefficient (Wildman–Crippen LogP) is 0.865. The molecular formula is C8H13F2N3. The lowest BCUT2D eigenvalue weighted by Gasteiger charge is -2.11. The summed E-state index contributed by atoms with van der Waals surface area (Å²) in [6.45, 7) is 1.12. The van der Waals surface area contributed by atoms with Gasteiger partial charge in [0.2, 0.25) is 0 Å². The Morgan fingerprint density at radius 2 is 2.23 bits per heavy atom. The largest absolute Gasteiger partial charge is 0.325 e. The lowest BCUT2D eigenvalue weighted by molar-refractivity contribution is 0.0103. The van der Waals surface area contributed by atoms with Gasteiger partial charge in [-0.05, 0) is 12.5 Å². The molecule has 3 nitrogen and oxygen atoms in total. The van der Waals surface area contributed by atoms with Gasteiger partial charge in [-0.2, -0.15) is 5.10 Å². The molecule has 0 aliphatic heterocycles. The molecule has 1 rings (SSSR count). The summed E-state index contributed by atoms with van der Waals surface area (Å²) >= 11 is 0. The first-order valence-electron chi connectivity index (χ1n) is 4.01. The van der Waals surface area contributed by atoms with E-state index in [1.165, 1.54) is 4.68 Å². The van der Waals surface area contributed by atoms with Crippen LogP contribution in [0.5, 0.6) is 0 Å². The Labute approximate surface area is 75.5 Å². The van der Waals surface area contributed by atoms with Crippen molar-refractivity contribution < 1.29 is 8.78 Å². The third kappa shape index (κ3) is 2.48. The van der Waals surface area contributed by atoms with Gasteiger partial charge >= 0.3 is 0 Å². The molecule has 0 aromatic carbocycles. The normalized spacial score (nSPS) is 12.1. The van der Waals surface area contributed by atoms with E-state index in [-0.39, 0.29) is 6.42 Å². The second kappa shape index (κ2) is 3.41. The Hall–Kier alpha value is -0.970. The zero-order valence-corrected chi connectivity index (χ0v) is 7.72. The smallest absolute Gasteiger partial charge is 0.265 e. The van der Waals surface area contributed by atoms with Crippen LogP contribution in [-0.2, 0) is 13.5 Å². The van der Waals surface area contributed by atoms with Crippen LogP contribution in [-0.4, -0.2) is 22.2 Å². The number of hydrogen-bond donors (Lipinski definition) is 1. The van der Waals surface area contributed by atoms with Crippen LogP contribution in [0.3, 0.4) is 0 Å². The van der Waals surface area contributed by atoms with E-state index in [2.05, 4.69) is 5.10 Å². The molecule has 2 N–H and O–H groups in total. The van der Waals surface area contributed by atoms with Gasteiger partial charge in [0.25, 0.3) is 5.92 Å². The molecule has 0 spiro atoms. The van der Waals surface area contributed by atoms with Gasteiger partial charge in [0.15, 0.2) is 0 Å². The van der Waals surface area contributed by atoms with Crippen LogP contribution in [0.15, 0.2) is 6.20 Å². The van der Waals surface area contributed by atoms with Gasteiger partial charge in [-0.1, -0.05) is 0 Å². The highest BCUT2D eigenvalue weighted by molar-refractivity contribution is 5.16. The number of alkyl halides is 2. The van der Waals surface area contributed by atoms with E-state index in [0.29, 0.717) is 5.69 Å². The van der Waals surface area contributed by atoms with Gasteiger partial charge in [0.1, 0.15) is 0 Å². The van der Waals surface area contributed by atoms with Crippen molar-refractivity contribution in [1.82, 2.24) is 9.78 Å². The number of halogens is 2. The quantitative estimate of drug-likeness (QED) is 0.766. The molecule has 0 fully saturated rings. The fraction of sp³-hybridized carbons (Fsp3) is 0.625. The highest BCUT2D eigenvalue weighted by Gasteiger charge is 2.29. The van der Waals surface area contributed by atoms with Crippen LogP contribution in [0.4, 0.5) is 8.78 Å². The molecule has 0 aliphatic rings. The van der Waals surface area contributed by atoms with Gasteiger partial charge in [-0.25, -0.2) is 8.78 Å². The Balaban J connectivity index is 2.79. The molecular weight excluding hydrogens is 176 g/mol. The van der Waals surface area contributed by atoms with E-state index < -0.39 is 12.5 Å². The second-order valence-corrected chi connectivity index (χ2v) is 3.17. The first kappa shape index (κ1) is 10.1. The van der Waals surface area contributed by atoms with Gasteiger partial charge in [0, 0.05) is 13.2 Å². The summed E-state index contributed by atoms with van der Waals surface area (Å²) < 4.78 is 27.2. The van der Waals surface area contributed by atoms with Crippen LogP contribution in [0.25, 0.3) is 0 Å². The van der Waals surface area contributed by atoms with E-state index in [4.69, 9.17) is 5.73 Å². The van der Waals surface area contributed by atoms with Crippen molar-refractivity contribution in [2.45, 2.75) is 19.3 Å². The summed E-state index contributed by atoms with van der Waals surface area (Å²) in [6.07, 6.45) is 1.33. The van der Waals surface area contributed by atoms with Crippen molar-refractivity contribution in [2.24, 2.45) is 12.8 Å². The van der Waals surface area contributed by atoms with Crippen LogP contribution >= 0.6 is 0 Å². The first-order valence-corrected chi connectivity index (χ1v) is 4.01. The molecule has 0 radical (unpaired) electrons. The highest BCUT2D eigenvalue weighted by atomic mass is 19.3. The van der Waals surface area contributed by atoms with Gasteiger partial charge < -0.3 is 5.73 Å². The maximum absolute atomic E-state index is 12.9. The van der Waals surface area contributed by atoms with Crippen molar-refractivity contribution in [3.63, 3.8) is 0 Å². The fourth-order valence-corrected chi connectivity index (χ4v) is 1.14. The van der Waals surface area contributed by atoms with Crippen molar-refractivity contribution in [3.8, 4) is 0 Å². The molecule has 0 saturated heterocycles. The van der Waals surface area contributed by atoms with Gasteiger partial charge in [0.05, 0.1) is 18.7 Å². The number of aromatic nitrogens is 2. The molecule has 1 aromatic rings. The molecule has 74 valence electrons. The Kier molecular flexibility index (Phi) is 2.66. The molecule has 5 heteroatoms. The standard InChI is InChI=1S/C8H13F2N3/c1-6-4-13(2)12-7(6)3-8(9,10)5-11/h4H,3,5,11H2,1-2H3. The third-order valence-corrected chi connectivity index (χ3v) is 1.84. The number of hydrogen-bond acceptors (Lipinski definition) is 2. The summed E-state index contributed by atoms with van der Waals surface area (Å²) in [5, 5.41) is 3.92. The van der Waals surface area contributed by atoms with E-state index in [1.54, 1.807) is 20.2 Å². The van der Waals surface area contributed by atoms with Gasteiger partial charge in [-0.3, -0.25) is 4.68 Å². The zero-order chi connectivity index (χ0) is 10.1. The average Bonchev–Trinajstić information content (AvgIpc) is 2.30. The third-order valence-electron chi connectivity index (χ3n) is 1.84. The number of rotatable bonds is 3. The van der Waals surface area contributed by atoms with Crippen LogP contribution < -0.4 is 5.73 Å². The summed E-state index contributed by atoms with van der Waals surface area (Å²) in [5.74, 6) is -2.85. The Bertz CT molecular complexity index is 294. The van der Waals surface area contributed by atoms with Crippen molar-refractivity contribution in [3.05, 3.63) is 17.5 Å². The lowest BCUT2D eigenvalue weighted by atomic mass is 10.1. The molecule has 1 heterocycles. The molecule has 0 aliphatic carbocycles. The van der Waals surface area contributed by atoms with E-state index in [9.17, 15) is 8.78 Å². The lowest BCUT2D eigenvalue weighted by Crippen LogP contribution is -2.30. The van der Waals surface area contributed by atoms with Crippen molar-refractivity contribution >= 4 is 0 Å². The minimum atomic E-state index is -2.85. The molecule has 0 amide bonds. The van der Waals surface area contributed by atoms with E-state index in [1.807, 2.05) is 0 Å². The molecule has 0 unspecified atom stereocenters. The molecule has 0 bridgehead atoms. The molecule has 13 heavy (non-hydrogen) atoms. The zero-order valence-electron chi connectivity index (χ0n) is 7.72. The minimum Gasteiger partial charge on any atom is -0.325 e. The first-order chi connectivity index (χ1) is 5.94. The maximum atomic E-state index is 12.9. The molecule has 0 atom stereocenters. The summed E-state index contributed by atoms with van der Waals surface area (Å²) in [5.41, 5.74) is 6.11. The maximum Gasteiger partial charge on any atom is 0.265 e.